The van der Waals surface area contributed by atoms with Gasteiger partial charge in [0, 0.05) is 31.2 Å². The highest BCUT2D eigenvalue weighted by atomic mass is 16.2. The monoisotopic (exact) mass is 288 g/mol. The molecule has 1 aromatic rings. The Balaban J connectivity index is 1.86. The van der Waals surface area contributed by atoms with E-state index >= 15 is 0 Å². The SMILES string of the molecule is CCC1CCCCN1C(=O)CCNc1c(C)cccc1C. The van der Waals surface area contributed by atoms with Crippen LogP contribution in [0.5, 0.6) is 0 Å². The highest BCUT2D eigenvalue weighted by Gasteiger charge is 2.24. The molecule has 1 heterocycles. The van der Waals surface area contributed by atoms with E-state index in [1.165, 1.54) is 29.7 Å². The number of amides is 1. The van der Waals surface area contributed by atoms with Crippen molar-refractivity contribution >= 4 is 11.6 Å². The fraction of sp³-hybridized carbons (Fsp3) is 0.611. The highest BCUT2D eigenvalue weighted by Crippen LogP contribution is 2.21. The van der Waals surface area contributed by atoms with Crippen LogP contribution in [0.15, 0.2) is 18.2 Å². The number of carbonyl (C=O) groups is 1. The number of anilines is 1. The number of nitrogens with one attached hydrogen (secondary N) is 1. The van der Waals surface area contributed by atoms with Crippen molar-refractivity contribution in [2.75, 3.05) is 18.4 Å². The molecule has 0 bridgehead atoms. The van der Waals surface area contributed by atoms with Gasteiger partial charge in [0.1, 0.15) is 0 Å². The maximum atomic E-state index is 12.4. The zero-order valence-electron chi connectivity index (χ0n) is 13.6. The van der Waals surface area contributed by atoms with Crippen molar-refractivity contribution in [3.63, 3.8) is 0 Å². The molecule has 21 heavy (non-hydrogen) atoms. The van der Waals surface area contributed by atoms with Crippen LogP contribution in [0.3, 0.4) is 0 Å². The normalized spacial score (nSPS) is 18.6. The lowest BCUT2D eigenvalue weighted by atomic mass is 9.99. The lowest BCUT2D eigenvalue weighted by molar-refractivity contribution is -0.134. The molecule has 2 rings (SSSR count). The predicted octanol–water partition coefficient (Wildman–Crippen LogP) is 3.90. The molecule has 3 heteroatoms. The highest BCUT2D eigenvalue weighted by molar-refractivity contribution is 5.77. The smallest absolute Gasteiger partial charge is 0.224 e. The van der Waals surface area contributed by atoms with E-state index in [4.69, 9.17) is 0 Å². The topological polar surface area (TPSA) is 32.3 Å². The van der Waals surface area contributed by atoms with E-state index in [-0.39, 0.29) is 0 Å². The summed E-state index contributed by atoms with van der Waals surface area (Å²) < 4.78 is 0. The molecule has 0 aromatic heterocycles. The third kappa shape index (κ3) is 3.99. The lowest BCUT2D eigenvalue weighted by Crippen LogP contribution is -2.43. The Bertz CT molecular complexity index is 464. The van der Waals surface area contributed by atoms with Crippen molar-refractivity contribution in [3.8, 4) is 0 Å². The van der Waals surface area contributed by atoms with Gasteiger partial charge in [-0.3, -0.25) is 4.79 Å². The summed E-state index contributed by atoms with van der Waals surface area (Å²) in [5.41, 5.74) is 3.66. The minimum absolute atomic E-state index is 0.306. The Morgan fingerprint density at radius 1 is 1.29 bits per heavy atom. The molecule has 1 saturated heterocycles. The average molecular weight is 288 g/mol. The van der Waals surface area contributed by atoms with Crippen molar-refractivity contribution in [1.29, 1.82) is 0 Å². The largest absolute Gasteiger partial charge is 0.384 e. The van der Waals surface area contributed by atoms with Crippen LogP contribution >= 0.6 is 0 Å². The van der Waals surface area contributed by atoms with Crippen LogP contribution in [-0.2, 0) is 4.79 Å². The number of hydrogen-bond acceptors (Lipinski definition) is 2. The van der Waals surface area contributed by atoms with E-state index in [2.05, 4.69) is 49.2 Å². The Hall–Kier alpha value is -1.51. The Kier molecular flexibility index (Phi) is 5.66. The molecule has 1 atom stereocenters. The molecule has 0 saturated carbocycles. The van der Waals surface area contributed by atoms with Gasteiger partial charge in [0.15, 0.2) is 0 Å². The Morgan fingerprint density at radius 3 is 2.67 bits per heavy atom. The molecule has 1 aliphatic heterocycles. The standard InChI is InChI=1S/C18H28N2O/c1-4-16-10-5-6-13-20(16)17(21)11-12-19-18-14(2)8-7-9-15(18)3/h7-9,16,19H,4-6,10-13H2,1-3H3. The summed E-state index contributed by atoms with van der Waals surface area (Å²) in [5.74, 6) is 0.306. The molecule has 0 radical (unpaired) electrons. The van der Waals surface area contributed by atoms with E-state index in [1.807, 2.05) is 0 Å². The Labute approximate surface area is 128 Å². The molecule has 1 N–H and O–H groups in total. The van der Waals surface area contributed by atoms with Gasteiger partial charge in [0.2, 0.25) is 5.91 Å². The number of nitrogens with zero attached hydrogens (tertiary/aromatic N) is 1. The number of carbonyl (C=O) groups excluding carboxylic acids is 1. The minimum atomic E-state index is 0.306. The van der Waals surface area contributed by atoms with Crippen molar-refractivity contribution < 1.29 is 4.79 Å². The molecule has 1 amide bonds. The van der Waals surface area contributed by atoms with Crippen LogP contribution in [0, 0.1) is 13.8 Å². The van der Waals surface area contributed by atoms with Crippen LogP contribution in [0.4, 0.5) is 5.69 Å². The lowest BCUT2D eigenvalue weighted by Gasteiger charge is -2.35. The van der Waals surface area contributed by atoms with Crippen molar-refractivity contribution in [2.45, 2.75) is 58.9 Å². The van der Waals surface area contributed by atoms with Gasteiger partial charge in [0.05, 0.1) is 0 Å². The maximum absolute atomic E-state index is 12.4. The number of aryl methyl sites for hydroxylation is 2. The molecular weight excluding hydrogens is 260 g/mol. The van der Waals surface area contributed by atoms with Crippen LogP contribution in [0.25, 0.3) is 0 Å². The van der Waals surface area contributed by atoms with Gasteiger partial charge in [0.25, 0.3) is 0 Å². The third-order valence-electron chi connectivity index (χ3n) is 4.54. The van der Waals surface area contributed by atoms with Crippen LogP contribution in [0.1, 0.15) is 50.2 Å². The first kappa shape index (κ1) is 15.9. The van der Waals surface area contributed by atoms with Crippen molar-refractivity contribution in [3.05, 3.63) is 29.3 Å². The maximum Gasteiger partial charge on any atom is 0.224 e. The molecule has 1 aromatic carbocycles. The first-order valence-electron chi connectivity index (χ1n) is 8.23. The van der Waals surface area contributed by atoms with Gasteiger partial charge >= 0.3 is 0 Å². The van der Waals surface area contributed by atoms with E-state index in [0.717, 1.165) is 25.9 Å². The molecule has 3 nitrogen and oxygen atoms in total. The molecule has 1 unspecified atom stereocenters. The van der Waals surface area contributed by atoms with E-state index in [9.17, 15) is 4.79 Å². The van der Waals surface area contributed by atoms with Gasteiger partial charge in [-0.15, -0.1) is 0 Å². The zero-order valence-corrected chi connectivity index (χ0v) is 13.6. The summed E-state index contributed by atoms with van der Waals surface area (Å²) in [5, 5.41) is 3.44. The minimum Gasteiger partial charge on any atom is -0.384 e. The molecule has 1 aliphatic rings. The van der Waals surface area contributed by atoms with Crippen LogP contribution < -0.4 is 5.32 Å². The average Bonchev–Trinajstić information content (AvgIpc) is 2.50. The number of hydrogen-bond donors (Lipinski definition) is 1. The first-order valence-corrected chi connectivity index (χ1v) is 8.23. The van der Waals surface area contributed by atoms with Crippen molar-refractivity contribution in [2.24, 2.45) is 0 Å². The van der Waals surface area contributed by atoms with E-state index < -0.39 is 0 Å². The summed E-state index contributed by atoms with van der Waals surface area (Å²) in [7, 11) is 0. The summed E-state index contributed by atoms with van der Waals surface area (Å²) in [4.78, 5) is 14.5. The summed E-state index contributed by atoms with van der Waals surface area (Å²) >= 11 is 0. The fourth-order valence-electron chi connectivity index (χ4n) is 3.28. The van der Waals surface area contributed by atoms with Crippen molar-refractivity contribution in [1.82, 2.24) is 4.90 Å². The molecule has 1 fully saturated rings. The second-order valence-corrected chi connectivity index (χ2v) is 6.09. The Morgan fingerprint density at radius 2 is 2.00 bits per heavy atom. The van der Waals surface area contributed by atoms with E-state index in [0.29, 0.717) is 18.4 Å². The van der Waals surface area contributed by atoms with Crippen LogP contribution in [0.2, 0.25) is 0 Å². The summed E-state index contributed by atoms with van der Waals surface area (Å²) in [6.07, 6.45) is 5.27. The molecule has 0 spiro atoms. The van der Waals surface area contributed by atoms with Gasteiger partial charge in [-0.05, 0) is 50.7 Å². The molecule has 116 valence electrons. The fourth-order valence-corrected chi connectivity index (χ4v) is 3.28. The molecule has 0 aliphatic carbocycles. The van der Waals surface area contributed by atoms with Gasteiger partial charge in [-0.2, -0.15) is 0 Å². The number of benzene rings is 1. The quantitative estimate of drug-likeness (QED) is 0.891. The zero-order chi connectivity index (χ0) is 15.2. The molecular formula is C18H28N2O. The number of piperidine rings is 1. The number of para-hydroxylation sites is 1. The first-order chi connectivity index (χ1) is 10.1. The van der Waals surface area contributed by atoms with Crippen LogP contribution in [-0.4, -0.2) is 29.9 Å². The van der Waals surface area contributed by atoms with Gasteiger partial charge in [-0.1, -0.05) is 25.1 Å². The predicted molar refractivity (Wildman–Crippen MR) is 88.7 cm³/mol. The number of likely N-dealkylation sites (tertiary alicyclic amines) is 1. The van der Waals surface area contributed by atoms with Gasteiger partial charge < -0.3 is 10.2 Å². The number of rotatable bonds is 5. The third-order valence-corrected chi connectivity index (χ3v) is 4.54. The van der Waals surface area contributed by atoms with E-state index in [1.54, 1.807) is 0 Å². The summed E-state index contributed by atoms with van der Waals surface area (Å²) in [6.45, 7) is 8.06. The van der Waals surface area contributed by atoms with Gasteiger partial charge in [-0.25, -0.2) is 0 Å². The second-order valence-electron chi connectivity index (χ2n) is 6.09. The summed E-state index contributed by atoms with van der Waals surface area (Å²) in [6, 6.07) is 6.75. The second kappa shape index (κ2) is 7.48.